The average Bonchev–Trinajstić information content (AvgIpc) is 3.18. The van der Waals surface area contributed by atoms with Gasteiger partial charge in [0.25, 0.3) is 0 Å². The van der Waals surface area contributed by atoms with Crippen LogP contribution in [0.4, 0.5) is 0 Å². The summed E-state index contributed by atoms with van der Waals surface area (Å²) in [7, 11) is 0. The molecule has 0 bridgehead atoms. The first kappa shape index (κ1) is 16.0. The second kappa shape index (κ2) is 6.20. The van der Waals surface area contributed by atoms with Crippen LogP contribution in [0.15, 0.2) is 67.0 Å². The van der Waals surface area contributed by atoms with Crippen LogP contribution in [0.5, 0.6) is 0 Å². The fraction of sp³-hybridized carbons (Fsp3) is 0.167. The summed E-state index contributed by atoms with van der Waals surface area (Å²) in [6, 6.07) is 19.2. The maximum atomic E-state index is 4.85. The molecule has 5 aromatic rings. The number of hydrogen-bond donors (Lipinski definition) is 0. The van der Waals surface area contributed by atoms with Crippen LogP contribution in [-0.2, 0) is 12.8 Å². The molecular weight excluding hydrogens is 330 g/mol. The maximum absolute atomic E-state index is 4.85. The van der Waals surface area contributed by atoms with Gasteiger partial charge in [-0.25, -0.2) is 9.97 Å². The number of rotatable bonds is 3. The van der Waals surface area contributed by atoms with Gasteiger partial charge in [-0.2, -0.15) is 0 Å². The second-order valence-electron chi connectivity index (χ2n) is 6.88. The molecule has 5 rings (SSSR count). The summed E-state index contributed by atoms with van der Waals surface area (Å²) in [5, 5.41) is 3.52. The van der Waals surface area contributed by atoms with Crippen molar-refractivity contribution in [3.05, 3.63) is 78.1 Å². The van der Waals surface area contributed by atoms with Crippen molar-refractivity contribution in [2.24, 2.45) is 0 Å². The van der Waals surface area contributed by atoms with E-state index in [4.69, 9.17) is 9.97 Å². The van der Waals surface area contributed by atoms with Crippen LogP contribution in [0.2, 0.25) is 0 Å². The highest BCUT2D eigenvalue weighted by atomic mass is 15.1. The highest BCUT2D eigenvalue weighted by Gasteiger charge is 2.18. The molecule has 0 aliphatic heterocycles. The molecule has 0 spiro atoms. The van der Waals surface area contributed by atoms with Gasteiger partial charge in [0, 0.05) is 22.5 Å². The molecular formula is C24H21N3. The second-order valence-corrected chi connectivity index (χ2v) is 6.88. The van der Waals surface area contributed by atoms with Gasteiger partial charge in [0.05, 0.1) is 11.9 Å². The third kappa shape index (κ3) is 2.28. The Bertz CT molecular complexity index is 1280. The van der Waals surface area contributed by atoms with Crippen LogP contribution >= 0.6 is 0 Å². The molecule has 3 aromatic heterocycles. The Morgan fingerprint density at radius 2 is 1.33 bits per heavy atom. The lowest BCUT2D eigenvalue weighted by atomic mass is 9.95. The largest absolute Gasteiger partial charge is 0.276 e. The SMILES string of the molecule is CCc1cccc(CC)c1-c1cnc2c3ccccc3c3cccnc3n12. The van der Waals surface area contributed by atoms with Gasteiger partial charge in [0.15, 0.2) is 0 Å². The van der Waals surface area contributed by atoms with E-state index < -0.39 is 0 Å². The Labute approximate surface area is 158 Å². The minimum absolute atomic E-state index is 0.964. The molecule has 3 heterocycles. The normalized spacial score (nSPS) is 11.6. The molecule has 0 unspecified atom stereocenters. The zero-order valence-corrected chi connectivity index (χ0v) is 15.6. The summed E-state index contributed by atoms with van der Waals surface area (Å²) >= 11 is 0. The van der Waals surface area contributed by atoms with Crippen molar-refractivity contribution in [2.45, 2.75) is 26.7 Å². The Morgan fingerprint density at radius 3 is 2.04 bits per heavy atom. The van der Waals surface area contributed by atoms with Crippen molar-refractivity contribution >= 4 is 27.5 Å². The molecule has 3 nitrogen and oxygen atoms in total. The molecule has 0 amide bonds. The topological polar surface area (TPSA) is 30.2 Å². The molecule has 0 radical (unpaired) electrons. The lowest BCUT2D eigenvalue weighted by Gasteiger charge is -2.15. The van der Waals surface area contributed by atoms with Gasteiger partial charge in [-0.1, -0.05) is 56.3 Å². The lowest BCUT2D eigenvalue weighted by Crippen LogP contribution is -2.00. The van der Waals surface area contributed by atoms with Crippen molar-refractivity contribution in [2.75, 3.05) is 0 Å². The number of benzene rings is 2. The molecule has 27 heavy (non-hydrogen) atoms. The average molecular weight is 351 g/mol. The van der Waals surface area contributed by atoms with Crippen LogP contribution in [0, 0.1) is 0 Å². The van der Waals surface area contributed by atoms with E-state index in [2.05, 4.69) is 66.8 Å². The molecule has 0 aliphatic carbocycles. The summed E-state index contributed by atoms with van der Waals surface area (Å²) in [6.07, 6.45) is 5.88. The number of fused-ring (bicyclic) bond motifs is 6. The summed E-state index contributed by atoms with van der Waals surface area (Å²) in [6.45, 7) is 4.43. The van der Waals surface area contributed by atoms with E-state index in [0.717, 1.165) is 40.6 Å². The first-order valence-electron chi connectivity index (χ1n) is 9.57. The molecule has 0 aliphatic rings. The zero-order chi connectivity index (χ0) is 18.4. The fourth-order valence-corrected chi connectivity index (χ4v) is 4.20. The zero-order valence-electron chi connectivity index (χ0n) is 15.6. The van der Waals surface area contributed by atoms with Crippen molar-refractivity contribution in [1.29, 1.82) is 0 Å². The molecule has 0 saturated heterocycles. The third-order valence-electron chi connectivity index (χ3n) is 5.47. The van der Waals surface area contributed by atoms with E-state index in [1.807, 2.05) is 18.5 Å². The van der Waals surface area contributed by atoms with E-state index in [0.29, 0.717) is 0 Å². The Morgan fingerprint density at radius 1 is 0.704 bits per heavy atom. The molecule has 2 aromatic carbocycles. The van der Waals surface area contributed by atoms with Gasteiger partial charge < -0.3 is 0 Å². The lowest BCUT2D eigenvalue weighted by molar-refractivity contribution is 1.08. The Balaban J connectivity index is 2.01. The minimum Gasteiger partial charge on any atom is -0.276 e. The van der Waals surface area contributed by atoms with Gasteiger partial charge >= 0.3 is 0 Å². The highest BCUT2D eigenvalue weighted by Crippen LogP contribution is 2.35. The predicted molar refractivity (Wildman–Crippen MR) is 112 cm³/mol. The Hall–Kier alpha value is -3.20. The van der Waals surface area contributed by atoms with Gasteiger partial charge in [-0.15, -0.1) is 0 Å². The predicted octanol–water partition coefficient (Wildman–Crippen LogP) is 5.83. The van der Waals surface area contributed by atoms with Crippen LogP contribution in [0.3, 0.4) is 0 Å². The molecule has 0 saturated carbocycles. The maximum Gasteiger partial charge on any atom is 0.146 e. The standard InChI is InChI=1S/C24H21N3/c1-3-16-9-7-10-17(4-2)22(16)21-15-26-24-19-12-6-5-11-18(19)20-13-8-14-25-23(20)27(21)24/h5-15H,3-4H2,1-2H3. The van der Waals surface area contributed by atoms with Crippen LogP contribution < -0.4 is 0 Å². The molecule has 0 fully saturated rings. The highest BCUT2D eigenvalue weighted by molar-refractivity contribution is 6.11. The third-order valence-corrected chi connectivity index (χ3v) is 5.47. The number of imidazole rings is 1. The van der Waals surface area contributed by atoms with Crippen LogP contribution in [0.1, 0.15) is 25.0 Å². The quantitative estimate of drug-likeness (QED) is 0.383. The van der Waals surface area contributed by atoms with Crippen molar-refractivity contribution < 1.29 is 0 Å². The summed E-state index contributed by atoms with van der Waals surface area (Å²) in [5.74, 6) is 0. The molecule has 0 N–H and O–H groups in total. The van der Waals surface area contributed by atoms with Crippen LogP contribution in [-0.4, -0.2) is 14.4 Å². The van der Waals surface area contributed by atoms with Crippen molar-refractivity contribution in [3.63, 3.8) is 0 Å². The van der Waals surface area contributed by atoms with Crippen LogP contribution in [0.25, 0.3) is 38.7 Å². The van der Waals surface area contributed by atoms with E-state index in [1.165, 1.54) is 22.1 Å². The summed E-state index contributed by atoms with van der Waals surface area (Å²) in [5.41, 5.74) is 7.08. The fourth-order valence-electron chi connectivity index (χ4n) is 4.20. The first-order chi connectivity index (χ1) is 13.3. The minimum atomic E-state index is 0.964. The van der Waals surface area contributed by atoms with E-state index in [9.17, 15) is 0 Å². The number of nitrogens with zero attached hydrogens (tertiary/aromatic N) is 3. The molecule has 0 atom stereocenters. The van der Waals surface area contributed by atoms with Gasteiger partial charge in [-0.05, 0) is 41.5 Å². The van der Waals surface area contributed by atoms with E-state index in [-0.39, 0.29) is 0 Å². The Kier molecular flexibility index (Phi) is 3.68. The smallest absolute Gasteiger partial charge is 0.146 e. The van der Waals surface area contributed by atoms with Gasteiger partial charge in [0.1, 0.15) is 11.3 Å². The van der Waals surface area contributed by atoms with Crippen molar-refractivity contribution in [3.8, 4) is 11.3 Å². The van der Waals surface area contributed by atoms with E-state index in [1.54, 1.807) is 0 Å². The summed E-state index contributed by atoms with van der Waals surface area (Å²) < 4.78 is 2.24. The summed E-state index contributed by atoms with van der Waals surface area (Å²) in [4.78, 5) is 9.60. The number of hydrogen-bond acceptors (Lipinski definition) is 2. The molecule has 132 valence electrons. The van der Waals surface area contributed by atoms with Gasteiger partial charge in [0.2, 0.25) is 0 Å². The first-order valence-corrected chi connectivity index (χ1v) is 9.57. The monoisotopic (exact) mass is 351 g/mol. The van der Waals surface area contributed by atoms with E-state index >= 15 is 0 Å². The number of aryl methyl sites for hydroxylation is 2. The van der Waals surface area contributed by atoms with Crippen molar-refractivity contribution in [1.82, 2.24) is 14.4 Å². The number of aromatic nitrogens is 3. The van der Waals surface area contributed by atoms with Gasteiger partial charge in [-0.3, -0.25) is 4.40 Å². The molecule has 3 heteroatoms. The number of pyridine rings is 2.